The summed E-state index contributed by atoms with van der Waals surface area (Å²) < 4.78 is 0. The van der Waals surface area contributed by atoms with Crippen molar-refractivity contribution < 1.29 is 4.79 Å². The quantitative estimate of drug-likeness (QED) is 0.825. The van der Waals surface area contributed by atoms with Crippen molar-refractivity contribution in [3.63, 3.8) is 0 Å². The monoisotopic (exact) mass is 300 g/mol. The Morgan fingerprint density at radius 2 is 1.95 bits per heavy atom. The lowest BCUT2D eigenvalue weighted by Crippen LogP contribution is -2.23. The van der Waals surface area contributed by atoms with E-state index in [0.717, 1.165) is 17.0 Å². The molecule has 0 heterocycles. The van der Waals surface area contributed by atoms with Crippen LogP contribution in [-0.2, 0) is 10.5 Å². The molecule has 4 heteroatoms. The average Bonchev–Trinajstić information content (AvgIpc) is 2.48. The van der Waals surface area contributed by atoms with Gasteiger partial charge in [-0.15, -0.1) is 11.8 Å². The largest absolute Gasteiger partial charge is 0.399 e. The van der Waals surface area contributed by atoms with Crippen molar-refractivity contribution in [2.45, 2.75) is 24.9 Å². The number of nitrogen functional groups attached to an aromatic ring is 1. The second kappa shape index (κ2) is 7.18. The molecule has 2 aromatic carbocycles. The van der Waals surface area contributed by atoms with E-state index in [1.54, 1.807) is 17.8 Å². The SMILES string of the molecule is Cc1cc(N)ccc1NC(=O)C(C)SCc1ccccc1. The van der Waals surface area contributed by atoms with Crippen molar-refractivity contribution in [3.05, 3.63) is 59.7 Å². The van der Waals surface area contributed by atoms with Gasteiger partial charge in [-0.25, -0.2) is 0 Å². The van der Waals surface area contributed by atoms with Gasteiger partial charge in [-0.3, -0.25) is 4.79 Å². The van der Waals surface area contributed by atoms with Gasteiger partial charge in [0.2, 0.25) is 5.91 Å². The zero-order valence-corrected chi connectivity index (χ0v) is 13.1. The van der Waals surface area contributed by atoms with Crippen LogP contribution in [0.4, 0.5) is 11.4 Å². The van der Waals surface area contributed by atoms with Gasteiger partial charge in [0.05, 0.1) is 5.25 Å². The number of carbonyl (C=O) groups is 1. The summed E-state index contributed by atoms with van der Waals surface area (Å²) in [4.78, 5) is 12.2. The molecule has 0 fully saturated rings. The molecular weight excluding hydrogens is 280 g/mol. The molecule has 3 N–H and O–H groups in total. The first kappa shape index (κ1) is 15.4. The summed E-state index contributed by atoms with van der Waals surface area (Å²) in [6.07, 6.45) is 0. The number of benzene rings is 2. The minimum atomic E-state index is -0.109. The molecule has 0 radical (unpaired) electrons. The fourth-order valence-corrected chi connectivity index (χ4v) is 2.78. The number of thioether (sulfide) groups is 1. The Labute approximate surface area is 129 Å². The molecule has 0 saturated heterocycles. The maximum absolute atomic E-state index is 12.2. The number of nitrogens with one attached hydrogen (secondary N) is 1. The summed E-state index contributed by atoms with van der Waals surface area (Å²) in [5.41, 5.74) is 9.44. The van der Waals surface area contributed by atoms with Crippen molar-refractivity contribution in [3.8, 4) is 0 Å². The summed E-state index contributed by atoms with van der Waals surface area (Å²) in [6.45, 7) is 3.86. The van der Waals surface area contributed by atoms with Crippen LogP contribution in [0.1, 0.15) is 18.1 Å². The Balaban J connectivity index is 1.90. The minimum absolute atomic E-state index is 0.0174. The topological polar surface area (TPSA) is 55.1 Å². The van der Waals surface area contributed by atoms with Crippen LogP contribution in [0.15, 0.2) is 48.5 Å². The minimum Gasteiger partial charge on any atom is -0.399 e. The third-order valence-electron chi connectivity index (χ3n) is 3.22. The lowest BCUT2D eigenvalue weighted by atomic mass is 10.2. The van der Waals surface area contributed by atoms with Gasteiger partial charge in [0.15, 0.2) is 0 Å². The molecule has 2 aromatic rings. The van der Waals surface area contributed by atoms with E-state index in [1.807, 2.05) is 44.2 Å². The first-order valence-corrected chi connectivity index (χ1v) is 7.93. The van der Waals surface area contributed by atoms with Gasteiger partial charge in [0.25, 0.3) is 0 Å². The molecule has 2 rings (SSSR count). The number of hydrogen-bond acceptors (Lipinski definition) is 3. The second-order valence-electron chi connectivity index (χ2n) is 5.00. The van der Waals surface area contributed by atoms with Gasteiger partial charge in [-0.2, -0.15) is 0 Å². The summed E-state index contributed by atoms with van der Waals surface area (Å²) in [5, 5.41) is 2.85. The predicted octanol–water partition coefficient (Wildman–Crippen LogP) is 3.84. The molecule has 1 amide bonds. The highest BCUT2D eigenvalue weighted by atomic mass is 32.2. The van der Waals surface area contributed by atoms with Gasteiger partial charge in [0.1, 0.15) is 0 Å². The number of hydrogen-bond donors (Lipinski definition) is 2. The molecule has 0 aromatic heterocycles. The first-order chi connectivity index (χ1) is 10.1. The van der Waals surface area contributed by atoms with Crippen LogP contribution < -0.4 is 11.1 Å². The van der Waals surface area contributed by atoms with Gasteiger partial charge in [-0.1, -0.05) is 30.3 Å². The highest BCUT2D eigenvalue weighted by Crippen LogP contribution is 2.21. The molecule has 110 valence electrons. The Hall–Kier alpha value is -1.94. The standard InChI is InChI=1S/C17H20N2OS/c1-12-10-15(18)8-9-16(12)19-17(20)13(2)21-11-14-6-4-3-5-7-14/h3-10,13H,11,18H2,1-2H3,(H,19,20). The normalized spacial score (nSPS) is 11.9. The number of rotatable bonds is 5. The summed E-state index contributed by atoms with van der Waals surface area (Å²) in [6, 6.07) is 15.7. The molecule has 0 saturated carbocycles. The van der Waals surface area contributed by atoms with E-state index in [9.17, 15) is 4.79 Å². The van der Waals surface area contributed by atoms with Crippen molar-refractivity contribution in [2.75, 3.05) is 11.1 Å². The number of amides is 1. The fourth-order valence-electron chi connectivity index (χ4n) is 1.93. The van der Waals surface area contributed by atoms with Crippen molar-refractivity contribution in [1.29, 1.82) is 0 Å². The van der Waals surface area contributed by atoms with Crippen LogP contribution >= 0.6 is 11.8 Å². The highest BCUT2D eigenvalue weighted by Gasteiger charge is 2.14. The van der Waals surface area contributed by atoms with Gasteiger partial charge < -0.3 is 11.1 Å². The zero-order valence-electron chi connectivity index (χ0n) is 12.3. The lowest BCUT2D eigenvalue weighted by Gasteiger charge is -2.14. The number of nitrogens with two attached hydrogens (primary N) is 1. The van der Waals surface area contributed by atoms with Crippen LogP contribution in [-0.4, -0.2) is 11.2 Å². The Kier molecular flexibility index (Phi) is 5.28. The molecule has 21 heavy (non-hydrogen) atoms. The number of aryl methyl sites for hydroxylation is 1. The third kappa shape index (κ3) is 4.53. The molecular formula is C17H20N2OS. The summed E-state index contributed by atoms with van der Waals surface area (Å²) >= 11 is 1.63. The smallest absolute Gasteiger partial charge is 0.237 e. The highest BCUT2D eigenvalue weighted by molar-refractivity contribution is 7.99. The second-order valence-corrected chi connectivity index (χ2v) is 6.33. The van der Waals surface area contributed by atoms with E-state index >= 15 is 0 Å². The van der Waals surface area contributed by atoms with E-state index in [0.29, 0.717) is 5.69 Å². The van der Waals surface area contributed by atoms with E-state index in [2.05, 4.69) is 17.4 Å². The maximum Gasteiger partial charge on any atom is 0.237 e. The average molecular weight is 300 g/mol. The Bertz CT molecular complexity index is 613. The van der Waals surface area contributed by atoms with Gasteiger partial charge in [0, 0.05) is 17.1 Å². The van der Waals surface area contributed by atoms with Crippen molar-refractivity contribution in [2.24, 2.45) is 0 Å². The number of carbonyl (C=O) groups excluding carboxylic acids is 1. The van der Waals surface area contributed by atoms with Crippen LogP contribution in [0.3, 0.4) is 0 Å². The molecule has 0 aliphatic heterocycles. The van der Waals surface area contributed by atoms with Crippen molar-refractivity contribution in [1.82, 2.24) is 0 Å². The zero-order chi connectivity index (χ0) is 15.2. The Morgan fingerprint density at radius 1 is 1.24 bits per heavy atom. The van der Waals surface area contributed by atoms with Gasteiger partial charge >= 0.3 is 0 Å². The molecule has 3 nitrogen and oxygen atoms in total. The molecule has 1 unspecified atom stereocenters. The van der Waals surface area contributed by atoms with Crippen LogP contribution in [0.5, 0.6) is 0 Å². The van der Waals surface area contributed by atoms with E-state index in [-0.39, 0.29) is 11.2 Å². The van der Waals surface area contributed by atoms with Crippen LogP contribution in [0, 0.1) is 6.92 Å². The lowest BCUT2D eigenvalue weighted by molar-refractivity contribution is -0.115. The predicted molar refractivity (Wildman–Crippen MR) is 91.4 cm³/mol. The summed E-state index contributed by atoms with van der Waals surface area (Å²) in [7, 11) is 0. The van der Waals surface area contributed by atoms with E-state index in [1.165, 1.54) is 5.56 Å². The fraction of sp³-hybridized carbons (Fsp3) is 0.235. The Morgan fingerprint density at radius 3 is 2.62 bits per heavy atom. The first-order valence-electron chi connectivity index (χ1n) is 6.89. The van der Waals surface area contributed by atoms with Crippen LogP contribution in [0.25, 0.3) is 0 Å². The molecule has 0 aliphatic carbocycles. The van der Waals surface area contributed by atoms with Crippen LogP contribution in [0.2, 0.25) is 0 Å². The third-order valence-corrected chi connectivity index (χ3v) is 4.43. The summed E-state index contributed by atoms with van der Waals surface area (Å²) in [5.74, 6) is 0.847. The van der Waals surface area contributed by atoms with Gasteiger partial charge in [-0.05, 0) is 43.2 Å². The molecule has 0 aliphatic rings. The molecule has 0 spiro atoms. The van der Waals surface area contributed by atoms with E-state index < -0.39 is 0 Å². The molecule has 0 bridgehead atoms. The maximum atomic E-state index is 12.2. The number of anilines is 2. The van der Waals surface area contributed by atoms with E-state index in [4.69, 9.17) is 5.73 Å². The van der Waals surface area contributed by atoms with Crippen molar-refractivity contribution >= 4 is 29.0 Å². The molecule has 1 atom stereocenters.